The van der Waals surface area contributed by atoms with E-state index in [0.29, 0.717) is 35.8 Å². The lowest BCUT2D eigenvalue weighted by molar-refractivity contribution is -0.153. The molecular formula is C26H36N2O3. The van der Waals surface area contributed by atoms with Crippen molar-refractivity contribution in [2.45, 2.75) is 78.2 Å². The number of rotatable bonds is 5. The topological polar surface area (TPSA) is 69.6 Å². The normalized spacial score (nSPS) is 37.0. The van der Waals surface area contributed by atoms with E-state index < -0.39 is 0 Å². The summed E-state index contributed by atoms with van der Waals surface area (Å²) in [6, 6.07) is 5.42. The molecule has 0 aromatic heterocycles. The van der Waals surface area contributed by atoms with Crippen molar-refractivity contribution in [3.05, 3.63) is 29.3 Å². The standard InChI is InChI=1S/C26H36N2O3/c1-17(13-29)28-8-7-19-20(23(28)31)5-4-6-21(19)27-22(30)12-26-11-18-9-24(2,15-26)14-25(3,10-18)16-26/h4-6,17-18,29H,7-16H2,1-3H3,(H,27,30)/t17-,18?,24?,25?,26?/m0/s1. The molecule has 0 radical (unpaired) electrons. The van der Waals surface area contributed by atoms with E-state index in [1.54, 1.807) is 4.90 Å². The van der Waals surface area contributed by atoms with Gasteiger partial charge in [0.1, 0.15) is 0 Å². The molecule has 31 heavy (non-hydrogen) atoms. The van der Waals surface area contributed by atoms with Gasteiger partial charge < -0.3 is 15.3 Å². The molecule has 4 aliphatic carbocycles. The number of nitrogens with zero attached hydrogens (tertiary/aromatic N) is 1. The molecule has 0 saturated heterocycles. The average Bonchev–Trinajstić information content (AvgIpc) is 2.65. The van der Waals surface area contributed by atoms with Gasteiger partial charge in [0.25, 0.3) is 5.91 Å². The molecule has 5 heteroatoms. The fourth-order valence-electron chi connectivity index (χ4n) is 8.60. The minimum Gasteiger partial charge on any atom is -0.394 e. The number of anilines is 1. The van der Waals surface area contributed by atoms with Gasteiger partial charge in [0.15, 0.2) is 0 Å². The average molecular weight is 425 g/mol. The molecule has 1 aromatic carbocycles. The molecule has 4 fully saturated rings. The summed E-state index contributed by atoms with van der Waals surface area (Å²) < 4.78 is 0. The Morgan fingerprint density at radius 2 is 1.90 bits per heavy atom. The fourth-order valence-corrected chi connectivity index (χ4v) is 8.60. The highest BCUT2D eigenvalue weighted by atomic mass is 16.3. The van der Waals surface area contributed by atoms with E-state index in [1.165, 1.54) is 38.5 Å². The largest absolute Gasteiger partial charge is 0.394 e. The Hall–Kier alpha value is -1.88. The van der Waals surface area contributed by atoms with Crippen LogP contribution in [0.3, 0.4) is 0 Å². The van der Waals surface area contributed by atoms with E-state index in [2.05, 4.69) is 19.2 Å². The van der Waals surface area contributed by atoms with Gasteiger partial charge in [-0.25, -0.2) is 0 Å². The molecule has 4 bridgehead atoms. The van der Waals surface area contributed by atoms with Crippen molar-refractivity contribution in [3.8, 4) is 0 Å². The van der Waals surface area contributed by atoms with Gasteiger partial charge >= 0.3 is 0 Å². The predicted molar refractivity (Wildman–Crippen MR) is 121 cm³/mol. The molecule has 1 heterocycles. The first-order chi connectivity index (χ1) is 14.6. The molecule has 5 nitrogen and oxygen atoms in total. The number of benzene rings is 1. The van der Waals surface area contributed by atoms with Gasteiger partial charge in [-0.3, -0.25) is 9.59 Å². The molecule has 0 spiro atoms. The minimum absolute atomic E-state index is 0.0432. The molecule has 5 aliphatic rings. The summed E-state index contributed by atoms with van der Waals surface area (Å²) in [4.78, 5) is 27.9. The van der Waals surface area contributed by atoms with Gasteiger partial charge in [0, 0.05) is 24.2 Å². The molecule has 168 valence electrons. The SMILES string of the molecule is C[C@@H](CO)N1CCc2c(NC(=O)CC34CC5CC(C)(CC(C)(C5)C3)C4)cccc2C1=O. The van der Waals surface area contributed by atoms with Crippen molar-refractivity contribution in [3.63, 3.8) is 0 Å². The Morgan fingerprint density at radius 3 is 2.55 bits per heavy atom. The Balaban J connectivity index is 1.34. The first-order valence-electron chi connectivity index (χ1n) is 12.0. The van der Waals surface area contributed by atoms with Crippen LogP contribution in [0.4, 0.5) is 5.69 Å². The summed E-state index contributed by atoms with van der Waals surface area (Å²) in [7, 11) is 0. The summed E-state index contributed by atoms with van der Waals surface area (Å²) >= 11 is 0. The van der Waals surface area contributed by atoms with Crippen LogP contribution in [-0.2, 0) is 11.2 Å². The Labute approximate surface area is 185 Å². The highest BCUT2D eigenvalue weighted by Gasteiger charge is 2.60. The number of fused-ring (bicyclic) bond motifs is 1. The van der Waals surface area contributed by atoms with Gasteiger partial charge in [0.05, 0.1) is 12.6 Å². The third-order valence-corrected chi connectivity index (χ3v) is 8.62. The third-order valence-electron chi connectivity index (χ3n) is 8.62. The predicted octanol–water partition coefficient (Wildman–Crippen LogP) is 4.39. The second-order valence-electron chi connectivity index (χ2n) is 12.0. The number of carbonyl (C=O) groups is 2. The lowest BCUT2D eigenvalue weighted by atomic mass is 9.40. The lowest BCUT2D eigenvalue weighted by Gasteiger charge is -2.65. The van der Waals surface area contributed by atoms with Crippen molar-refractivity contribution in [2.75, 3.05) is 18.5 Å². The Morgan fingerprint density at radius 1 is 1.19 bits per heavy atom. The van der Waals surface area contributed by atoms with E-state index in [0.717, 1.165) is 17.2 Å². The van der Waals surface area contributed by atoms with Crippen molar-refractivity contribution >= 4 is 17.5 Å². The zero-order chi connectivity index (χ0) is 22.0. The monoisotopic (exact) mass is 424 g/mol. The van der Waals surface area contributed by atoms with E-state index in [-0.39, 0.29) is 29.9 Å². The molecule has 1 aliphatic heterocycles. The Kier molecular flexibility index (Phi) is 4.78. The summed E-state index contributed by atoms with van der Waals surface area (Å²) in [5.41, 5.74) is 3.32. The number of hydrogen-bond acceptors (Lipinski definition) is 3. The van der Waals surface area contributed by atoms with Crippen LogP contribution in [0.15, 0.2) is 18.2 Å². The van der Waals surface area contributed by atoms with Crippen molar-refractivity contribution in [1.29, 1.82) is 0 Å². The van der Waals surface area contributed by atoms with Crippen LogP contribution >= 0.6 is 0 Å². The second kappa shape index (κ2) is 7.06. The van der Waals surface area contributed by atoms with Crippen LogP contribution in [0, 0.1) is 22.2 Å². The molecule has 4 saturated carbocycles. The number of aliphatic hydroxyl groups excluding tert-OH is 1. The number of aliphatic hydroxyl groups is 1. The maximum Gasteiger partial charge on any atom is 0.254 e. The zero-order valence-corrected chi connectivity index (χ0v) is 19.2. The van der Waals surface area contributed by atoms with Crippen LogP contribution in [-0.4, -0.2) is 41.0 Å². The number of hydrogen-bond donors (Lipinski definition) is 2. The van der Waals surface area contributed by atoms with Gasteiger partial charge in [-0.1, -0.05) is 19.9 Å². The number of carbonyl (C=O) groups excluding carboxylic acids is 2. The van der Waals surface area contributed by atoms with Crippen LogP contribution < -0.4 is 5.32 Å². The highest BCUT2D eigenvalue weighted by Crippen LogP contribution is 2.70. The molecule has 2 N–H and O–H groups in total. The van der Waals surface area contributed by atoms with Crippen LogP contribution in [0.25, 0.3) is 0 Å². The van der Waals surface area contributed by atoms with E-state index in [4.69, 9.17) is 0 Å². The maximum absolute atomic E-state index is 13.3. The molecular weight excluding hydrogens is 388 g/mol. The number of nitrogens with one attached hydrogen (secondary N) is 1. The first-order valence-corrected chi connectivity index (χ1v) is 12.0. The van der Waals surface area contributed by atoms with Gasteiger partial charge in [0.2, 0.25) is 5.91 Å². The highest BCUT2D eigenvalue weighted by molar-refractivity contribution is 6.00. The number of amides is 2. The third kappa shape index (κ3) is 3.59. The molecule has 3 atom stereocenters. The maximum atomic E-state index is 13.3. The summed E-state index contributed by atoms with van der Waals surface area (Å²) in [5, 5.41) is 12.6. The quantitative estimate of drug-likeness (QED) is 0.736. The molecule has 2 amide bonds. The summed E-state index contributed by atoms with van der Waals surface area (Å²) in [6.07, 6.45) is 8.84. The molecule has 1 aromatic rings. The van der Waals surface area contributed by atoms with Gasteiger partial charge in [-0.15, -0.1) is 0 Å². The van der Waals surface area contributed by atoms with Crippen LogP contribution in [0.2, 0.25) is 0 Å². The van der Waals surface area contributed by atoms with E-state index in [1.807, 2.05) is 25.1 Å². The zero-order valence-electron chi connectivity index (χ0n) is 19.2. The van der Waals surface area contributed by atoms with Gasteiger partial charge in [-0.05, 0) is 91.7 Å². The molecule has 2 unspecified atom stereocenters. The smallest absolute Gasteiger partial charge is 0.254 e. The fraction of sp³-hybridized carbons (Fsp3) is 0.692. The first kappa shape index (κ1) is 21.0. The van der Waals surface area contributed by atoms with Crippen molar-refractivity contribution in [1.82, 2.24) is 4.90 Å². The Bertz CT molecular complexity index is 907. The van der Waals surface area contributed by atoms with Crippen molar-refractivity contribution < 1.29 is 14.7 Å². The minimum atomic E-state index is -0.197. The van der Waals surface area contributed by atoms with Crippen LogP contribution in [0.1, 0.15) is 81.6 Å². The summed E-state index contributed by atoms with van der Waals surface area (Å²) in [5.74, 6) is 0.822. The lowest BCUT2D eigenvalue weighted by Crippen LogP contribution is -2.55. The van der Waals surface area contributed by atoms with E-state index >= 15 is 0 Å². The van der Waals surface area contributed by atoms with Crippen LogP contribution in [0.5, 0.6) is 0 Å². The van der Waals surface area contributed by atoms with Gasteiger partial charge in [-0.2, -0.15) is 0 Å². The molecule has 6 rings (SSSR count). The van der Waals surface area contributed by atoms with Crippen molar-refractivity contribution in [2.24, 2.45) is 22.2 Å². The second-order valence-corrected chi connectivity index (χ2v) is 12.0. The summed E-state index contributed by atoms with van der Waals surface area (Å²) in [6.45, 7) is 7.28. The van der Waals surface area contributed by atoms with E-state index in [9.17, 15) is 14.7 Å².